The van der Waals surface area contributed by atoms with Gasteiger partial charge in [-0.2, -0.15) is 0 Å². The van der Waals surface area contributed by atoms with Gasteiger partial charge in [0.05, 0.1) is 12.7 Å². The highest BCUT2D eigenvalue weighted by Crippen LogP contribution is 2.32. The Bertz CT molecular complexity index is 787. The van der Waals surface area contributed by atoms with Crippen LogP contribution in [0.25, 0.3) is 11.0 Å². The van der Waals surface area contributed by atoms with Crippen LogP contribution in [-0.2, 0) is 6.42 Å². The van der Waals surface area contributed by atoms with E-state index in [1.807, 2.05) is 30.3 Å². The molecule has 0 aliphatic carbocycles. The Morgan fingerprint density at radius 1 is 1.19 bits per heavy atom. The van der Waals surface area contributed by atoms with Crippen molar-refractivity contribution in [2.75, 3.05) is 7.11 Å². The number of hydrogen-bond donors (Lipinski definition) is 1. The van der Waals surface area contributed by atoms with Crippen LogP contribution in [0, 0.1) is 0 Å². The van der Waals surface area contributed by atoms with Gasteiger partial charge in [-0.25, -0.2) is 4.79 Å². The van der Waals surface area contributed by atoms with E-state index in [1.54, 1.807) is 12.1 Å². The summed E-state index contributed by atoms with van der Waals surface area (Å²) in [4.78, 5) is 11.3. The monoisotopic (exact) mass is 282 g/mol. The second-order valence-electron chi connectivity index (χ2n) is 4.74. The van der Waals surface area contributed by atoms with Gasteiger partial charge in [0.2, 0.25) is 0 Å². The highest BCUT2D eigenvalue weighted by molar-refractivity contribution is 6.04. The second kappa shape index (κ2) is 5.32. The Kier molecular flexibility index (Phi) is 3.36. The third-order valence-electron chi connectivity index (χ3n) is 3.37. The van der Waals surface area contributed by atoms with Gasteiger partial charge in [-0.3, -0.25) is 0 Å². The molecule has 2 aromatic carbocycles. The number of hydrogen-bond acceptors (Lipinski definition) is 3. The van der Waals surface area contributed by atoms with E-state index in [0.29, 0.717) is 28.9 Å². The lowest BCUT2D eigenvalue weighted by Crippen LogP contribution is -1.97. The van der Waals surface area contributed by atoms with Crippen molar-refractivity contribution in [1.29, 1.82) is 0 Å². The minimum atomic E-state index is -0.977. The van der Waals surface area contributed by atoms with Crippen molar-refractivity contribution in [3.8, 4) is 5.75 Å². The van der Waals surface area contributed by atoms with Gasteiger partial charge in [-0.15, -0.1) is 0 Å². The van der Waals surface area contributed by atoms with Gasteiger partial charge in [0.1, 0.15) is 5.76 Å². The van der Waals surface area contributed by atoms with E-state index >= 15 is 0 Å². The van der Waals surface area contributed by atoms with Gasteiger partial charge in [0, 0.05) is 11.8 Å². The Hall–Kier alpha value is -2.75. The summed E-state index contributed by atoms with van der Waals surface area (Å²) in [7, 11) is 1.54. The van der Waals surface area contributed by atoms with E-state index in [-0.39, 0.29) is 5.56 Å². The minimum absolute atomic E-state index is 0.217. The predicted octanol–water partition coefficient (Wildman–Crippen LogP) is 3.73. The number of aromatic carboxylic acids is 1. The molecule has 0 saturated heterocycles. The van der Waals surface area contributed by atoms with Crippen LogP contribution in [0.3, 0.4) is 0 Å². The molecule has 1 N–H and O–H groups in total. The molecule has 4 nitrogen and oxygen atoms in total. The predicted molar refractivity (Wildman–Crippen MR) is 79.0 cm³/mol. The standard InChI is InChI=1S/C17H14O4/c1-20-15-8-7-13(17(18)19)14-10-12(21-16(14)15)9-11-5-3-2-4-6-11/h2-8,10H,9H2,1H3,(H,18,19). The Balaban J connectivity index is 2.10. The normalized spacial score (nSPS) is 10.7. The van der Waals surface area contributed by atoms with E-state index in [0.717, 1.165) is 5.56 Å². The van der Waals surface area contributed by atoms with Gasteiger partial charge in [-0.1, -0.05) is 30.3 Å². The average Bonchev–Trinajstić information content (AvgIpc) is 2.90. The highest BCUT2D eigenvalue weighted by atomic mass is 16.5. The molecule has 0 fully saturated rings. The molecule has 0 amide bonds. The smallest absolute Gasteiger partial charge is 0.336 e. The van der Waals surface area contributed by atoms with Crippen LogP contribution in [-0.4, -0.2) is 18.2 Å². The first kappa shape index (κ1) is 13.2. The van der Waals surface area contributed by atoms with Crippen molar-refractivity contribution >= 4 is 16.9 Å². The third kappa shape index (κ3) is 2.48. The fourth-order valence-corrected chi connectivity index (χ4v) is 2.38. The molecule has 3 aromatic rings. The van der Waals surface area contributed by atoms with Gasteiger partial charge < -0.3 is 14.3 Å². The lowest BCUT2D eigenvalue weighted by Gasteiger charge is -2.02. The Morgan fingerprint density at radius 3 is 2.62 bits per heavy atom. The fourth-order valence-electron chi connectivity index (χ4n) is 2.38. The summed E-state index contributed by atoms with van der Waals surface area (Å²) in [5.74, 6) is 0.271. The zero-order valence-corrected chi connectivity index (χ0v) is 11.5. The van der Waals surface area contributed by atoms with Crippen molar-refractivity contribution in [1.82, 2.24) is 0 Å². The molecule has 1 heterocycles. The van der Waals surface area contributed by atoms with E-state index in [4.69, 9.17) is 9.15 Å². The molecule has 0 unspecified atom stereocenters. The lowest BCUT2D eigenvalue weighted by molar-refractivity contribution is 0.0699. The van der Waals surface area contributed by atoms with Crippen LogP contribution in [0.15, 0.2) is 52.9 Å². The average molecular weight is 282 g/mol. The third-order valence-corrected chi connectivity index (χ3v) is 3.37. The largest absolute Gasteiger partial charge is 0.493 e. The zero-order valence-electron chi connectivity index (χ0n) is 11.5. The number of fused-ring (bicyclic) bond motifs is 1. The number of benzene rings is 2. The lowest BCUT2D eigenvalue weighted by atomic mass is 10.1. The van der Waals surface area contributed by atoms with Crippen LogP contribution in [0.2, 0.25) is 0 Å². The number of carbonyl (C=O) groups is 1. The van der Waals surface area contributed by atoms with Gasteiger partial charge in [0.25, 0.3) is 0 Å². The number of carboxylic acid groups (broad SMARTS) is 1. The molecule has 4 heteroatoms. The second-order valence-corrected chi connectivity index (χ2v) is 4.74. The first-order valence-corrected chi connectivity index (χ1v) is 6.55. The van der Waals surface area contributed by atoms with Crippen molar-refractivity contribution in [2.24, 2.45) is 0 Å². The first-order valence-electron chi connectivity index (χ1n) is 6.55. The maximum atomic E-state index is 11.3. The molecule has 1 aromatic heterocycles. The first-order chi connectivity index (χ1) is 10.2. The molecule has 0 saturated carbocycles. The van der Waals surface area contributed by atoms with Gasteiger partial charge in [0.15, 0.2) is 11.3 Å². The number of furan rings is 1. The summed E-state index contributed by atoms with van der Waals surface area (Å²) in [6.45, 7) is 0. The molecule has 0 radical (unpaired) electrons. The number of methoxy groups -OCH3 is 1. The van der Waals surface area contributed by atoms with E-state index in [9.17, 15) is 9.90 Å². The van der Waals surface area contributed by atoms with Crippen molar-refractivity contribution in [3.63, 3.8) is 0 Å². The summed E-state index contributed by atoms with van der Waals surface area (Å²) in [6, 6.07) is 14.8. The van der Waals surface area contributed by atoms with Crippen LogP contribution in [0.1, 0.15) is 21.7 Å². The van der Waals surface area contributed by atoms with Gasteiger partial charge >= 0.3 is 5.97 Å². The van der Waals surface area contributed by atoms with Crippen LogP contribution < -0.4 is 4.74 Å². The number of ether oxygens (including phenoxy) is 1. The maximum Gasteiger partial charge on any atom is 0.336 e. The van der Waals surface area contributed by atoms with Crippen molar-refractivity contribution < 1.29 is 19.1 Å². The molecule has 0 atom stereocenters. The van der Waals surface area contributed by atoms with E-state index < -0.39 is 5.97 Å². The fraction of sp³-hybridized carbons (Fsp3) is 0.118. The summed E-state index contributed by atoms with van der Waals surface area (Å²) < 4.78 is 11.0. The molecule has 0 spiro atoms. The number of rotatable bonds is 4. The summed E-state index contributed by atoms with van der Waals surface area (Å²) in [5, 5.41) is 9.83. The minimum Gasteiger partial charge on any atom is -0.493 e. The number of carboxylic acids is 1. The molecule has 0 aliphatic rings. The quantitative estimate of drug-likeness (QED) is 0.792. The molecular formula is C17H14O4. The Labute approximate surface area is 121 Å². The SMILES string of the molecule is COc1ccc(C(=O)O)c2cc(Cc3ccccc3)oc12. The van der Waals surface area contributed by atoms with E-state index in [2.05, 4.69) is 0 Å². The highest BCUT2D eigenvalue weighted by Gasteiger charge is 2.16. The van der Waals surface area contributed by atoms with E-state index in [1.165, 1.54) is 13.2 Å². The summed E-state index contributed by atoms with van der Waals surface area (Å²) >= 11 is 0. The van der Waals surface area contributed by atoms with Crippen LogP contribution in [0.5, 0.6) is 5.75 Å². The zero-order chi connectivity index (χ0) is 14.8. The molecule has 106 valence electrons. The van der Waals surface area contributed by atoms with Crippen molar-refractivity contribution in [3.05, 3.63) is 65.4 Å². The molecule has 3 rings (SSSR count). The Morgan fingerprint density at radius 2 is 1.95 bits per heavy atom. The molecule has 21 heavy (non-hydrogen) atoms. The molecular weight excluding hydrogens is 268 g/mol. The summed E-state index contributed by atoms with van der Waals surface area (Å²) in [6.07, 6.45) is 0.609. The topological polar surface area (TPSA) is 59.7 Å². The van der Waals surface area contributed by atoms with Crippen molar-refractivity contribution in [2.45, 2.75) is 6.42 Å². The van der Waals surface area contributed by atoms with Crippen LogP contribution >= 0.6 is 0 Å². The maximum absolute atomic E-state index is 11.3. The van der Waals surface area contributed by atoms with Crippen LogP contribution in [0.4, 0.5) is 0 Å². The summed E-state index contributed by atoms with van der Waals surface area (Å²) in [5.41, 5.74) is 1.80. The van der Waals surface area contributed by atoms with Gasteiger partial charge in [-0.05, 0) is 23.8 Å². The molecule has 0 bridgehead atoms. The molecule has 0 aliphatic heterocycles.